The average molecular weight is 242 g/mol. The molecule has 0 bridgehead atoms. The summed E-state index contributed by atoms with van der Waals surface area (Å²) in [4.78, 5) is 2.65. The molecule has 2 nitrogen and oxygen atoms in total. The topological polar surface area (TPSA) is 15.3 Å². The number of hydrogen-bond donors (Lipinski definition) is 1. The molecule has 2 fully saturated rings. The number of rotatable bonds is 5. The summed E-state index contributed by atoms with van der Waals surface area (Å²) in [5.41, 5.74) is 0. The minimum absolute atomic E-state index is 0.501. The van der Waals surface area contributed by atoms with E-state index < -0.39 is 0 Å². The number of thioether (sulfide) groups is 1. The summed E-state index contributed by atoms with van der Waals surface area (Å²) in [7, 11) is 0. The Balaban J connectivity index is 1.57. The first-order valence-corrected chi connectivity index (χ1v) is 7.74. The predicted molar refractivity (Wildman–Crippen MR) is 73.2 cm³/mol. The van der Waals surface area contributed by atoms with Crippen molar-refractivity contribution in [3.05, 3.63) is 0 Å². The van der Waals surface area contributed by atoms with Crippen LogP contribution in [0.5, 0.6) is 0 Å². The minimum Gasteiger partial charge on any atom is -0.314 e. The quantitative estimate of drug-likeness (QED) is 0.745. The zero-order chi connectivity index (χ0) is 11.4. The van der Waals surface area contributed by atoms with E-state index in [2.05, 4.69) is 35.8 Å². The predicted octanol–water partition coefficient (Wildman–Crippen LogP) is 2.35. The van der Waals surface area contributed by atoms with E-state index in [9.17, 15) is 0 Å². The Labute approximate surface area is 105 Å². The fourth-order valence-electron chi connectivity index (χ4n) is 2.18. The zero-order valence-corrected chi connectivity index (χ0v) is 11.6. The van der Waals surface area contributed by atoms with Crippen molar-refractivity contribution in [2.24, 2.45) is 0 Å². The molecule has 1 saturated carbocycles. The number of nitrogens with zero attached hydrogens (tertiary/aromatic N) is 1. The van der Waals surface area contributed by atoms with Crippen LogP contribution in [0.3, 0.4) is 0 Å². The Hall–Kier alpha value is 0.270. The lowest BCUT2D eigenvalue weighted by Crippen LogP contribution is -2.30. The van der Waals surface area contributed by atoms with Gasteiger partial charge in [0, 0.05) is 23.1 Å². The molecule has 2 rings (SSSR count). The molecule has 0 radical (unpaired) electrons. The van der Waals surface area contributed by atoms with E-state index in [4.69, 9.17) is 0 Å². The molecular formula is C13H26N2S. The largest absolute Gasteiger partial charge is 0.314 e. The summed E-state index contributed by atoms with van der Waals surface area (Å²) in [6.45, 7) is 9.86. The van der Waals surface area contributed by atoms with E-state index in [0.29, 0.717) is 4.75 Å². The summed E-state index contributed by atoms with van der Waals surface area (Å²) >= 11 is 2.14. The summed E-state index contributed by atoms with van der Waals surface area (Å²) < 4.78 is 0.501. The molecule has 16 heavy (non-hydrogen) atoms. The van der Waals surface area contributed by atoms with Crippen molar-refractivity contribution in [2.75, 3.05) is 31.9 Å². The van der Waals surface area contributed by atoms with Crippen LogP contribution in [-0.4, -0.2) is 47.6 Å². The van der Waals surface area contributed by atoms with E-state index in [1.165, 1.54) is 57.6 Å². The highest BCUT2D eigenvalue weighted by Gasteiger charge is 2.23. The van der Waals surface area contributed by atoms with Crippen LogP contribution in [0, 0.1) is 0 Å². The van der Waals surface area contributed by atoms with Crippen molar-refractivity contribution < 1.29 is 0 Å². The Kier molecular flexibility index (Phi) is 4.57. The van der Waals surface area contributed by atoms with E-state index in [0.717, 1.165) is 6.04 Å². The third-order valence-electron chi connectivity index (χ3n) is 3.59. The van der Waals surface area contributed by atoms with Gasteiger partial charge in [0.1, 0.15) is 0 Å². The van der Waals surface area contributed by atoms with Crippen LogP contribution in [0.1, 0.15) is 39.5 Å². The minimum atomic E-state index is 0.501. The van der Waals surface area contributed by atoms with Crippen LogP contribution < -0.4 is 5.32 Å². The fourth-order valence-corrected chi connectivity index (χ4v) is 3.32. The first-order valence-electron chi connectivity index (χ1n) is 6.75. The van der Waals surface area contributed by atoms with Crippen LogP contribution in [0.2, 0.25) is 0 Å². The van der Waals surface area contributed by atoms with E-state index in [1.807, 2.05) is 0 Å². The van der Waals surface area contributed by atoms with Gasteiger partial charge in [-0.25, -0.2) is 0 Å². The van der Waals surface area contributed by atoms with Gasteiger partial charge in [0.2, 0.25) is 0 Å². The molecule has 0 atom stereocenters. The smallest absolute Gasteiger partial charge is 0.0116 e. The van der Waals surface area contributed by atoms with Crippen LogP contribution in [0.25, 0.3) is 0 Å². The maximum atomic E-state index is 3.60. The lowest BCUT2D eigenvalue weighted by Gasteiger charge is -2.22. The molecule has 0 spiro atoms. The standard InChI is InChI=1S/C13H26N2S/c1-13(2)6-9-15(10-11-16-13)8-3-7-14-12-4-5-12/h12,14H,3-11H2,1-2H3. The molecule has 1 aliphatic carbocycles. The van der Waals surface area contributed by atoms with Gasteiger partial charge in [-0.1, -0.05) is 13.8 Å². The summed E-state index contributed by atoms with van der Waals surface area (Å²) in [5, 5.41) is 3.60. The van der Waals surface area contributed by atoms with Crippen LogP contribution in [-0.2, 0) is 0 Å². The zero-order valence-electron chi connectivity index (χ0n) is 10.8. The molecule has 94 valence electrons. The number of nitrogens with one attached hydrogen (secondary N) is 1. The molecule has 3 heteroatoms. The van der Waals surface area contributed by atoms with Gasteiger partial charge in [0.05, 0.1) is 0 Å². The molecule has 0 aromatic heterocycles. The molecule has 0 aromatic carbocycles. The fraction of sp³-hybridized carbons (Fsp3) is 1.00. The van der Waals surface area contributed by atoms with Gasteiger partial charge in [-0.3, -0.25) is 0 Å². The van der Waals surface area contributed by atoms with E-state index in [-0.39, 0.29) is 0 Å². The summed E-state index contributed by atoms with van der Waals surface area (Å²) in [6, 6.07) is 0.874. The Morgan fingerprint density at radius 3 is 2.88 bits per heavy atom. The molecule has 0 unspecified atom stereocenters. The lowest BCUT2D eigenvalue weighted by atomic mass is 10.1. The average Bonchev–Trinajstić information content (AvgIpc) is 3.02. The Morgan fingerprint density at radius 1 is 1.31 bits per heavy atom. The highest BCUT2D eigenvalue weighted by atomic mass is 32.2. The van der Waals surface area contributed by atoms with Crippen molar-refractivity contribution >= 4 is 11.8 Å². The maximum absolute atomic E-state index is 3.60. The van der Waals surface area contributed by atoms with Gasteiger partial charge in [-0.05, 0) is 45.3 Å². The maximum Gasteiger partial charge on any atom is 0.0116 e. The Morgan fingerprint density at radius 2 is 2.12 bits per heavy atom. The molecule has 1 N–H and O–H groups in total. The third kappa shape index (κ3) is 4.64. The molecular weight excluding hydrogens is 216 g/mol. The molecule has 1 aliphatic heterocycles. The van der Waals surface area contributed by atoms with E-state index >= 15 is 0 Å². The Bertz CT molecular complexity index is 214. The second kappa shape index (κ2) is 5.74. The van der Waals surface area contributed by atoms with Crippen molar-refractivity contribution in [1.82, 2.24) is 10.2 Å². The van der Waals surface area contributed by atoms with Gasteiger partial charge < -0.3 is 10.2 Å². The molecule has 0 aromatic rings. The second-order valence-electron chi connectivity index (χ2n) is 5.78. The van der Waals surface area contributed by atoms with Gasteiger partial charge in [0.15, 0.2) is 0 Å². The second-order valence-corrected chi connectivity index (χ2v) is 7.58. The van der Waals surface area contributed by atoms with Gasteiger partial charge in [-0.15, -0.1) is 0 Å². The van der Waals surface area contributed by atoms with E-state index in [1.54, 1.807) is 0 Å². The van der Waals surface area contributed by atoms with Crippen molar-refractivity contribution in [2.45, 2.75) is 50.3 Å². The summed E-state index contributed by atoms with van der Waals surface area (Å²) in [5.74, 6) is 1.31. The third-order valence-corrected chi connectivity index (χ3v) is 4.96. The SMILES string of the molecule is CC1(C)CCN(CCCNC2CC2)CCS1. The first kappa shape index (κ1) is 12.7. The lowest BCUT2D eigenvalue weighted by molar-refractivity contribution is 0.279. The van der Waals surface area contributed by atoms with Crippen LogP contribution >= 0.6 is 11.8 Å². The first-order chi connectivity index (χ1) is 7.66. The van der Waals surface area contributed by atoms with Crippen molar-refractivity contribution in [3.8, 4) is 0 Å². The monoisotopic (exact) mass is 242 g/mol. The van der Waals surface area contributed by atoms with Crippen molar-refractivity contribution in [1.29, 1.82) is 0 Å². The van der Waals surface area contributed by atoms with Gasteiger partial charge in [-0.2, -0.15) is 11.8 Å². The molecule has 2 aliphatic rings. The molecule has 1 saturated heterocycles. The molecule has 0 amide bonds. The normalized spacial score (nSPS) is 26.6. The van der Waals surface area contributed by atoms with Gasteiger partial charge in [0.25, 0.3) is 0 Å². The van der Waals surface area contributed by atoms with Gasteiger partial charge >= 0.3 is 0 Å². The molecule has 1 heterocycles. The highest BCUT2D eigenvalue weighted by Crippen LogP contribution is 2.30. The number of hydrogen-bond acceptors (Lipinski definition) is 3. The highest BCUT2D eigenvalue weighted by molar-refractivity contribution is 8.00. The van der Waals surface area contributed by atoms with Crippen molar-refractivity contribution in [3.63, 3.8) is 0 Å². The van der Waals surface area contributed by atoms with Crippen LogP contribution in [0.4, 0.5) is 0 Å². The van der Waals surface area contributed by atoms with Crippen LogP contribution in [0.15, 0.2) is 0 Å². The summed E-state index contributed by atoms with van der Waals surface area (Å²) in [6.07, 6.45) is 5.48.